The predicted octanol–water partition coefficient (Wildman–Crippen LogP) is 1.78. The highest BCUT2D eigenvalue weighted by molar-refractivity contribution is 5.32. The predicted molar refractivity (Wildman–Crippen MR) is 94.6 cm³/mol. The van der Waals surface area contributed by atoms with Gasteiger partial charge in [0.2, 0.25) is 5.95 Å². The van der Waals surface area contributed by atoms with Crippen LogP contribution in [0.4, 0.5) is 5.95 Å². The molecule has 0 unspecified atom stereocenters. The molecule has 0 spiro atoms. The second-order valence-electron chi connectivity index (χ2n) is 6.24. The molecule has 0 aliphatic carbocycles. The molecule has 0 atom stereocenters. The highest BCUT2D eigenvalue weighted by Crippen LogP contribution is 2.23. The zero-order valence-corrected chi connectivity index (χ0v) is 14.3. The van der Waals surface area contributed by atoms with Gasteiger partial charge in [0.05, 0.1) is 17.9 Å². The molecule has 128 valence electrons. The van der Waals surface area contributed by atoms with Gasteiger partial charge in [-0.1, -0.05) is 0 Å². The zero-order valence-electron chi connectivity index (χ0n) is 14.3. The lowest BCUT2D eigenvalue weighted by molar-refractivity contribution is 0.238. The van der Waals surface area contributed by atoms with Crippen molar-refractivity contribution < 1.29 is 0 Å². The van der Waals surface area contributed by atoms with Gasteiger partial charge in [-0.3, -0.25) is 14.6 Å². The Hall–Kier alpha value is -2.80. The normalized spacial score (nSPS) is 14.3. The van der Waals surface area contributed by atoms with Crippen LogP contribution in [0.2, 0.25) is 0 Å². The summed E-state index contributed by atoms with van der Waals surface area (Å²) in [6.45, 7) is 3.55. The maximum atomic E-state index is 4.71. The first-order valence-corrected chi connectivity index (χ1v) is 8.45. The van der Waals surface area contributed by atoms with E-state index in [-0.39, 0.29) is 0 Å². The molecule has 0 radical (unpaired) electrons. The molecule has 7 nitrogen and oxygen atoms in total. The molecule has 25 heavy (non-hydrogen) atoms. The number of fused-ring (bicyclic) bond motifs is 1. The van der Waals surface area contributed by atoms with E-state index in [1.807, 2.05) is 30.2 Å². The first-order chi connectivity index (χ1) is 12.3. The number of nitrogens with one attached hydrogen (secondary N) is 1. The molecule has 4 rings (SSSR count). The lowest BCUT2D eigenvalue weighted by Crippen LogP contribution is -2.31. The maximum Gasteiger partial charge on any atom is 0.222 e. The van der Waals surface area contributed by atoms with Gasteiger partial charge in [-0.05, 0) is 30.2 Å². The third-order valence-electron chi connectivity index (χ3n) is 4.54. The number of nitrogens with zero attached hydrogens (tertiary/aromatic N) is 6. The summed E-state index contributed by atoms with van der Waals surface area (Å²) in [4.78, 5) is 14.9. The maximum absolute atomic E-state index is 4.71. The smallest absolute Gasteiger partial charge is 0.222 e. The number of hydrogen-bond acceptors (Lipinski definition) is 6. The summed E-state index contributed by atoms with van der Waals surface area (Å²) in [5, 5.41) is 7.97. The fourth-order valence-electron chi connectivity index (χ4n) is 3.29. The van der Waals surface area contributed by atoms with Gasteiger partial charge in [0.25, 0.3) is 0 Å². The van der Waals surface area contributed by atoms with E-state index in [1.54, 1.807) is 12.4 Å². The third-order valence-corrected chi connectivity index (χ3v) is 4.54. The Labute approximate surface area is 146 Å². The van der Waals surface area contributed by atoms with Crippen molar-refractivity contribution in [2.75, 3.05) is 11.9 Å². The molecule has 1 aliphatic rings. The minimum Gasteiger partial charge on any atom is -0.348 e. The van der Waals surface area contributed by atoms with Gasteiger partial charge < -0.3 is 5.32 Å². The van der Waals surface area contributed by atoms with Crippen LogP contribution in [0.3, 0.4) is 0 Å². The zero-order chi connectivity index (χ0) is 17.1. The average Bonchev–Trinajstić information content (AvgIpc) is 2.97. The van der Waals surface area contributed by atoms with Crippen molar-refractivity contribution in [3.8, 4) is 0 Å². The molecule has 4 heterocycles. The fraction of sp³-hybridized carbons (Fsp3) is 0.333. The first-order valence-electron chi connectivity index (χ1n) is 8.45. The Bertz CT molecular complexity index is 829. The minimum absolute atomic E-state index is 0.636. The van der Waals surface area contributed by atoms with Crippen LogP contribution in [0.25, 0.3) is 0 Å². The van der Waals surface area contributed by atoms with Crippen molar-refractivity contribution in [1.82, 2.24) is 29.6 Å². The molecule has 0 saturated carbocycles. The van der Waals surface area contributed by atoms with E-state index >= 15 is 0 Å². The number of rotatable bonds is 5. The number of aromatic nitrogens is 5. The Balaban J connectivity index is 1.45. The minimum atomic E-state index is 0.636. The highest BCUT2D eigenvalue weighted by Gasteiger charge is 2.23. The Morgan fingerprint density at radius 3 is 2.72 bits per heavy atom. The van der Waals surface area contributed by atoms with Crippen LogP contribution in [0.5, 0.6) is 0 Å². The molecule has 0 fully saturated rings. The van der Waals surface area contributed by atoms with E-state index in [9.17, 15) is 0 Å². The summed E-state index contributed by atoms with van der Waals surface area (Å²) < 4.78 is 2.01. The van der Waals surface area contributed by atoms with Gasteiger partial charge in [0.1, 0.15) is 0 Å². The summed E-state index contributed by atoms with van der Waals surface area (Å²) in [7, 11) is 2.03. The molecule has 1 aliphatic heterocycles. The largest absolute Gasteiger partial charge is 0.348 e. The second kappa shape index (κ2) is 6.98. The van der Waals surface area contributed by atoms with Crippen molar-refractivity contribution in [2.24, 2.45) is 7.05 Å². The monoisotopic (exact) mass is 335 g/mol. The van der Waals surface area contributed by atoms with E-state index in [2.05, 4.69) is 37.3 Å². The van der Waals surface area contributed by atoms with E-state index < -0.39 is 0 Å². The molecule has 1 N–H and O–H groups in total. The van der Waals surface area contributed by atoms with E-state index in [4.69, 9.17) is 5.10 Å². The van der Waals surface area contributed by atoms with Crippen LogP contribution >= 0.6 is 0 Å². The summed E-state index contributed by atoms with van der Waals surface area (Å²) in [5.41, 5.74) is 5.04. The molecule has 7 heteroatoms. The molecule has 3 aromatic heterocycles. The lowest BCUT2D eigenvalue weighted by atomic mass is 10.0. The standard InChI is InChI=1S/C18H21N7/c1-24-17-13-25(12-14-3-8-19-9-4-14)10-5-15(17)16(23-24)11-22-18-20-6-2-7-21-18/h2-4,6-9H,5,10-13H2,1H3,(H,20,21,22). The number of aryl methyl sites for hydroxylation is 1. The van der Waals surface area contributed by atoms with Crippen LogP contribution in [0.1, 0.15) is 22.5 Å². The molecule has 3 aromatic rings. The first kappa shape index (κ1) is 15.7. The Kier molecular flexibility index (Phi) is 4.39. The quantitative estimate of drug-likeness (QED) is 0.766. The molecule has 0 aromatic carbocycles. The Morgan fingerprint density at radius 1 is 1.12 bits per heavy atom. The second-order valence-corrected chi connectivity index (χ2v) is 6.24. The Morgan fingerprint density at radius 2 is 1.92 bits per heavy atom. The molecular formula is C18H21N7. The van der Waals surface area contributed by atoms with E-state index in [1.165, 1.54) is 16.8 Å². The van der Waals surface area contributed by atoms with Gasteiger partial charge in [0, 0.05) is 57.0 Å². The summed E-state index contributed by atoms with van der Waals surface area (Å²) in [6.07, 6.45) is 8.19. The van der Waals surface area contributed by atoms with Gasteiger partial charge in [0.15, 0.2) is 0 Å². The third kappa shape index (κ3) is 3.51. The van der Waals surface area contributed by atoms with Gasteiger partial charge in [-0.25, -0.2) is 9.97 Å². The van der Waals surface area contributed by atoms with Crippen molar-refractivity contribution in [1.29, 1.82) is 0 Å². The van der Waals surface area contributed by atoms with Crippen molar-refractivity contribution >= 4 is 5.95 Å². The van der Waals surface area contributed by atoms with Crippen LogP contribution in [-0.2, 0) is 33.1 Å². The lowest BCUT2D eigenvalue weighted by Gasteiger charge is -2.27. The van der Waals surface area contributed by atoms with Crippen molar-refractivity contribution in [3.63, 3.8) is 0 Å². The topological polar surface area (TPSA) is 71.8 Å². The van der Waals surface area contributed by atoms with E-state index in [0.717, 1.165) is 31.7 Å². The summed E-state index contributed by atoms with van der Waals surface area (Å²) in [6, 6.07) is 5.97. The van der Waals surface area contributed by atoms with Crippen LogP contribution < -0.4 is 5.32 Å². The molecular weight excluding hydrogens is 314 g/mol. The van der Waals surface area contributed by atoms with Crippen LogP contribution in [0, 0.1) is 0 Å². The van der Waals surface area contributed by atoms with E-state index in [0.29, 0.717) is 12.5 Å². The van der Waals surface area contributed by atoms with Crippen molar-refractivity contribution in [3.05, 3.63) is 65.5 Å². The summed E-state index contributed by atoms with van der Waals surface area (Å²) in [5.74, 6) is 0.636. The van der Waals surface area contributed by atoms with Crippen LogP contribution in [-0.4, -0.2) is 36.2 Å². The number of anilines is 1. The average molecular weight is 335 g/mol. The fourth-order valence-corrected chi connectivity index (χ4v) is 3.29. The van der Waals surface area contributed by atoms with Gasteiger partial charge >= 0.3 is 0 Å². The van der Waals surface area contributed by atoms with Gasteiger partial charge in [-0.2, -0.15) is 5.10 Å². The number of pyridine rings is 1. The molecule has 0 saturated heterocycles. The van der Waals surface area contributed by atoms with Crippen molar-refractivity contribution in [2.45, 2.75) is 26.1 Å². The van der Waals surface area contributed by atoms with Crippen LogP contribution in [0.15, 0.2) is 43.0 Å². The van der Waals surface area contributed by atoms with Gasteiger partial charge in [-0.15, -0.1) is 0 Å². The number of hydrogen-bond donors (Lipinski definition) is 1. The SMILES string of the molecule is Cn1nc(CNc2ncccn2)c2c1CN(Cc1ccncc1)CC2. The molecule has 0 amide bonds. The molecule has 0 bridgehead atoms. The summed E-state index contributed by atoms with van der Waals surface area (Å²) >= 11 is 0. The highest BCUT2D eigenvalue weighted by atomic mass is 15.3.